The molecule has 1 fully saturated rings. The van der Waals surface area contributed by atoms with E-state index >= 15 is 0 Å². The topological polar surface area (TPSA) is 68.2 Å². The molecule has 6 nitrogen and oxygen atoms in total. The first kappa shape index (κ1) is 22.7. The van der Waals surface area contributed by atoms with Crippen molar-refractivity contribution in [1.82, 2.24) is 4.90 Å². The van der Waals surface area contributed by atoms with Gasteiger partial charge < -0.3 is 19.3 Å². The second-order valence-corrected chi connectivity index (χ2v) is 8.06. The van der Waals surface area contributed by atoms with Gasteiger partial charge in [0.2, 0.25) is 0 Å². The van der Waals surface area contributed by atoms with Gasteiger partial charge >= 0.3 is 5.97 Å². The smallest absolute Gasteiger partial charge is 0.320 e. The van der Waals surface area contributed by atoms with Crippen molar-refractivity contribution in [1.29, 1.82) is 0 Å². The standard InChI is InChI=1S/C27H29NO5/c1-31-20-14-15-24(32-2)22(17-20)26(28-16-8-12-23(28)27(29)30)21-11-6-7-13-25(21)33-18-19-9-4-3-5-10-19/h3-7,9-11,13-15,17,23,26H,8,12,16,18H2,1-2H3,(H,29,30). The summed E-state index contributed by atoms with van der Waals surface area (Å²) in [7, 11) is 3.24. The molecule has 0 amide bonds. The fraction of sp³-hybridized carbons (Fsp3) is 0.296. The maximum absolute atomic E-state index is 12.1. The average Bonchev–Trinajstić information content (AvgIpc) is 3.34. The SMILES string of the molecule is COc1ccc(OC)c(C(c2ccccc2OCc2ccccc2)N2CCCC2C(=O)O)c1. The van der Waals surface area contributed by atoms with E-state index in [0.717, 1.165) is 23.1 Å². The van der Waals surface area contributed by atoms with Crippen molar-refractivity contribution in [3.63, 3.8) is 0 Å². The molecule has 33 heavy (non-hydrogen) atoms. The molecule has 0 aliphatic carbocycles. The van der Waals surface area contributed by atoms with Crippen LogP contribution in [0.2, 0.25) is 0 Å². The van der Waals surface area contributed by atoms with E-state index in [1.165, 1.54) is 0 Å². The number of likely N-dealkylation sites (tertiary alicyclic amines) is 1. The predicted molar refractivity (Wildman–Crippen MR) is 126 cm³/mol. The van der Waals surface area contributed by atoms with E-state index in [1.54, 1.807) is 14.2 Å². The van der Waals surface area contributed by atoms with Crippen LogP contribution >= 0.6 is 0 Å². The van der Waals surface area contributed by atoms with Gasteiger partial charge in [0.1, 0.15) is 29.9 Å². The summed E-state index contributed by atoms with van der Waals surface area (Å²) in [6.07, 6.45) is 1.41. The van der Waals surface area contributed by atoms with Crippen LogP contribution in [-0.2, 0) is 11.4 Å². The Balaban J connectivity index is 1.80. The van der Waals surface area contributed by atoms with Gasteiger partial charge in [-0.15, -0.1) is 0 Å². The highest BCUT2D eigenvalue weighted by molar-refractivity contribution is 5.74. The Hall–Kier alpha value is -3.51. The number of ether oxygens (including phenoxy) is 3. The van der Waals surface area contributed by atoms with Crippen molar-refractivity contribution in [2.45, 2.75) is 31.5 Å². The van der Waals surface area contributed by atoms with Crippen LogP contribution in [0.1, 0.15) is 35.6 Å². The molecule has 1 N–H and O–H groups in total. The van der Waals surface area contributed by atoms with E-state index in [9.17, 15) is 9.90 Å². The lowest BCUT2D eigenvalue weighted by Gasteiger charge is -2.33. The van der Waals surface area contributed by atoms with E-state index in [1.807, 2.05) is 77.7 Å². The minimum Gasteiger partial charge on any atom is -0.497 e. The number of nitrogens with zero attached hydrogens (tertiary/aromatic N) is 1. The molecule has 172 valence electrons. The number of benzene rings is 3. The van der Waals surface area contributed by atoms with Crippen LogP contribution in [0.3, 0.4) is 0 Å². The van der Waals surface area contributed by atoms with Crippen LogP contribution in [0.15, 0.2) is 72.8 Å². The fourth-order valence-electron chi connectivity index (χ4n) is 4.51. The molecular weight excluding hydrogens is 418 g/mol. The van der Waals surface area contributed by atoms with Crippen LogP contribution in [-0.4, -0.2) is 42.8 Å². The maximum atomic E-state index is 12.1. The summed E-state index contributed by atoms with van der Waals surface area (Å²) < 4.78 is 17.5. The van der Waals surface area contributed by atoms with E-state index in [4.69, 9.17) is 14.2 Å². The van der Waals surface area contributed by atoms with Crippen LogP contribution in [0, 0.1) is 0 Å². The Labute approximate surface area is 194 Å². The number of aliphatic carboxylic acids is 1. The Kier molecular flexibility index (Phi) is 7.15. The van der Waals surface area contributed by atoms with Crippen molar-refractivity contribution in [3.8, 4) is 17.2 Å². The number of carboxylic acids is 1. The minimum atomic E-state index is -0.818. The van der Waals surface area contributed by atoms with Gasteiger partial charge in [0, 0.05) is 17.7 Å². The molecule has 0 saturated carbocycles. The minimum absolute atomic E-state index is 0.370. The first-order valence-electron chi connectivity index (χ1n) is 11.1. The summed E-state index contributed by atoms with van der Waals surface area (Å²) in [6, 6.07) is 22.5. The first-order valence-corrected chi connectivity index (χ1v) is 11.1. The molecule has 0 aromatic heterocycles. The zero-order valence-electron chi connectivity index (χ0n) is 18.9. The van der Waals surface area contributed by atoms with Crippen LogP contribution in [0.5, 0.6) is 17.2 Å². The molecule has 6 heteroatoms. The molecule has 1 aliphatic rings. The van der Waals surface area contributed by atoms with Crippen LogP contribution < -0.4 is 14.2 Å². The third kappa shape index (κ3) is 4.96. The van der Waals surface area contributed by atoms with Crippen molar-refractivity contribution in [2.24, 2.45) is 0 Å². The molecule has 3 aromatic rings. The van der Waals surface area contributed by atoms with Gasteiger partial charge in [0.05, 0.1) is 20.3 Å². The molecule has 1 saturated heterocycles. The molecule has 0 spiro atoms. The fourth-order valence-corrected chi connectivity index (χ4v) is 4.51. The van der Waals surface area contributed by atoms with Crippen molar-refractivity contribution >= 4 is 5.97 Å². The first-order chi connectivity index (χ1) is 16.1. The number of rotatable bonds is 9. The average molecular weight is 448 g/mol. The lowest BCUT2D eigenvalue weighted by atomic mass is 9.94. The Morgan fingerprint density at radius 1 is 0.970 bits per heavy atom. The summed E-state index contributed by atoms with van der Waals surface area (Å²) in [5.41, 5.74) is 2.81. The molecular formula is C27H29NO5. The zero-order valence-corrected chi connectivity index (χ0v) is 18.9. The van der Waals surface area contributed by atoms with Gasteiger partial charge in [-0.3, -0.25) is 9.69 Å². The lowest BCUT2D eigenvalue weighted by Crippen LogP contribution is -2.39. The highest BCUT2D eigenvalue weighted by Gasteiger charge is 2.39. The number of carbonyl (C=O) groups is 1. The van der Waals surface area contributed by atoms with Gasteiger partial charge in [-0.05, 0) is 42.7 Å². The molecule has 1 aliphatic heterocycles. The van der Waals surface area contributed by atoms with Crippen molar-refractivity contribution < 1.29 is 24.1 Å². The second kappa shape index (κ2) is 10.4. The highest BCUT2D eigenvalue weighted by atomic mass is 16.5. The van der Waals surface area contributed by atoms with Gasteiger partial charge in [-0.1, -0.05) is 48.5 Å². The molecule has 3 aromatic carbocycles. The van der Waals surface area contributed by atoms with Crippen LogP contribution in [0.25, 0.3) is 0 Å². The summed E-state index contributed by atoms with van der Waals surface area (Å²) in [4.78, 5) is 14.2. The number of hydrogen-bond acceptors (Lipinski definition) is 5. The number of hydrogen-bond donors (Lipinski definition) is 1. The van der Waals surface area contributed by atoms with E-state index in [0.29, 0.717) is 36.8 Å². The summed E-state index contributed by atoms with van der Waals surface area (Å²) in [5.74, 6) is 1.26. The largest absolute Gasteiger partial charge is 0.497 e. The number of para-hydroxylation sites is 1. The molecule has 4 rings (SSSR count). The van der Waals surface area contributed by atoms with E-state index in [2.05, 4.69) is 0 Å². The molecule has 2 atom stereocenters. The van der Waals surface area contributed by atoms with Gasteiger partial charge in [0.15, 0.2) is 0 Å². The van der Waals surface area contributed by atoms with Crippen LogP contribution in [0.4, 0.5) is 0 Å². The molecule has 1 heterocycles. The number of carboxylic acid groups (broad SMARTS) is 1. The lowest BCUT2D eigenvalue weighted by molar-refractivity contribution is -0.142. The molecule has 2 unspecified atom stereocenters. The Morgan fingerprint density at radius 2 is 1.73 bits per heavy atom. The summed E-state index contributed by atoms with van der Waals surface area (Å²) in [5, 5.41) is 9.95. The van der Waals surface area contributed by atoms with E-state index < -0.39 is 12.0 Å². The Bertz CT molecular complexity index is 1080. The van der Waals surface area contributed by atoms with Gasteiger partial charge in [-0.2, -0.15) is 0 Å². The summed E-state index contributed by atoms with van der Waals surface area (Å²) >= 11 is 0. The third-order valence-corrected chi connectivity index (χ3v) is 6.09. The second-order valence-electron chi connectivity index (χ2n) is 8.06. The predicted octanol–water partition coefficient (Wildman–Crippen LogP) is 4.92. The van der Waals surface area contributed by atoms with Gasteiger partial charge in [-0.25, -0.2) is 0 Å². The normalized spacial score (nSPS) is 16.8. The zero-order chi connectivity index (χ0) is 23.2. The monoisotopic (exact) mass is 447 g/mol. The highest BCUT2D eigenvalue weighted by Crippen LogP contribution is 2.43. The third-order valence-electron chi connectivity index (χ3n) is 6.09. The summed E-state index contributed by atoms with van der Waals surface area (Å²) in [6.45, 7) is 1.08. The number of methoxy groups -OCH3 is 2. The molecule has 0 radical (unpaired) electrons. The Morgan fingerprint density at radius 3 is 2.45 bits per heavy atom. The molecule has 0 bridgehead atoms. The van der Waals surface area contributed by atoms with Gasteiger partial charge in [0.25, 0.3) is 0 Å². The van der Waals surface area contributed by atoms with E-state index in [-0.39, 0.29) is 6.04 Å². The maximum Gasteiger partial charge on any atom is 0.320 e. The van der Waals surface area contributed by atoms with Crippen molar-refractivity contribution in [2.75, 3.05) is 20.8 Å². The quantitative estimate of drug-likeness (QED) is 0.502. The van der Waals surface area contributed by atoms with Crippen molar-refractivity contribution in [3.05, 3.63) is 89.5 Å².